The average molecular weight is 497 g/mol. The normalized spacial score (nSPS) is 11.6. The molecule has 0 radical (unpaired) electrons. The Bertz CT molecular complexity index is 1690. The van der Waals surface area contributed by atoms with Crippen LogP contribution in [-0.4, -0.2) is 30.3 Å². The van der Waals surface area contributed by atoms with Crippen LogP contribution in [0, 0.1) is 0 Å². The maximum absolute atomic E-state index is 12.6. The summed E-state index contributed by atoms with van der Waals surface area (Å²) in [6, 6.07) is 30.1. The van der Waals surface area contributed by atoms with Gasteiger partial charge in [-0.15, -0.1) is 0 Å². The van der Waals surface area contributed by atoms with Crippen LogP contribution in [-0.2, 0) is 16.4 Å². The lowest BCUT2D eigenvalue weighted by atomic mass is 10.0. The largest absolute Gasteiger partial charge is 0.477 e. The first-order valence-corrected chi connectivity index (χ1v) is 13.2. The van der Waals surface area contributed by atoms with Gasteiger partial charge in [0.1, 0.15) is 5.69 Å². The predicted molar refractivity (Wildman–Crippen MR) is 143 cm³/mol. The molecule has 1 heterocycles. The van der Waals surface area contributed by atoms with E-state index < -0.39 is 15.8 Å². The van der Waals surface area contributed by atoms with Gasteiger partial charge < -0.3 is 15.4 Å². The maximum Gasteiger partial charge on any atom is 0.353 e. The number of nitrogens with zero attached hydrogens (tertiary/aromatic N) is 1. The van der Waals surface area contributed by atoms with Crippen molar-refractivity contribution >= 4 is 32.4 Å². The van der Waals surface area contributed by atoms with Crippen LogP contribution < -0.4 is 5.73 Å². The Morgan fingerprint density at radius 2 is 1.36 bits per heavy atom. The number of hydrogen-bond donors (Lipinski definition) is 2. The Morgan fingerprint density at radius 1 is 0.806 bits per heavy atom. The second-order valence-corrected chi connectivity index (χ2v) is 10.7. The fraction of sp³-hybridized carbons (Fsp3) is 0.0690. The molecule has 36 heavy (non-hydrogen) atoms. The quantitative estimate of drug-likeness (QED) is 0.293. The van der Waals surface area contributed by atoms with Crippen molar-refractivity contribution in [3.63, 3.8) is 0 Å². The van der Waals surface area contributed by atoms with Gasteiger partial charge in [-0.25, -0.2) is 13.2 Å². The van der Waals surface area contributed by atoms with Crippen molar-refractivity contribution in [3.8, 4) is 22.3 Å². The van der Waals surface area contributed by atoms with Crippen LogP contribution in [0.2, 0.25) is 0 Å². The summed E-state index contributed by atoms with van der Waals surface area (Å²) < 4.78 is 26.5. The average Bonchev–Trinajstić information content (AvgIpc) is 3.20. The van der Waals surface area contributed by atoms with Gasteiger partial charge in [0, 0.05) is 23.8 Å². The summed E-state index contributed by atoms with van der Waals surface area (Å²) in [7, 11) is -3.62. The number of anilines is 1. The molecule has 5 aromatic rings. The molecule has 7 heteroatoms. The predicted octanol–water partition coefficient (Wildman–Crippen LogP) is 5.71. The van der Waals surface area contributed by atoms with Gasteiger partial charge in [0.05, 0.1) is 16.1 Å². The smallest absolute Gasteiger partial charge is 0.353 e. The Kier molecular flexibility index (Phi) is 5.86. The van der Waals surface area contributed by atoms with E-state index in [4.69, 9.17) is 5.73 Å². The summed E-state index contributed by atoms with van der Waals surface area (Å²) in [5.41, 5.74) is 11.2. The highest BCUT2D eigenvalue weighted by atomic mass is 32.2. The first-order valence-electron chi connectivity index (χ1n) is 11.3. The van der Waals surface area contributed by atoms with Crippen molar-refractivity contribution in [2.45, 2.75) is 11.4 Å². The molecule has 0 aliphatic carbocycles. The molecule has 0 atom stereocenters. The van der Waals surface area contributed by atoms with Gasteiger partial charge in [0.2, 0.25) is 0 Å². The molecule has 0 amide bonds. The lowest BCUT2D eigenvalue weighted by Crippen LogP contribution is -2.10. The molecule has 0 aliphatic heterocycles. The van der Waals surface area contributed by atoms with E-state index >= 15 is 0 Å². The zero-order valence-corrected chi connectivity index (χ0v) is 20.4. The molecule has 0 unspecified atom stereocenters. The van der Waals surface area contributed by atoms with Crippen molar-refractivity contribution < 1.29 is 18.3 Å². The third-order valence-corrected chi connectivity index (χ3v) is 7.45. The Balaban J connectivity index is 1.73. The van der Waals surface area contributed by atoms with Crippen molar-refractivity contribution in [1.29, 1.82) is 0 Å². The SMILES string of the molecule is CS(=O)(=O)c1ccc2c(c1N)c(-c1ccccc1)c(C(=O)O)n2Cc1ccc(-c2ccccc2)cc1. The minimum absolute atomic E-state index is 0.0199. The Morgan fingerprint density at radius 3 is 1.92 bits per heavy atom. The van der Waals surface area contributed by atoms with Gasteiger partial charge >= 0.3 is 5.97 Å². The number of aromatic nitrogens is 1. The molecular weight excluding hydrogens is 472 g/mol. The van der Waals surface area contributed by atoms with E-state index in [0.29, 0.717) is 22.0 Å². The topological polar surface area (TPSA) is 102 Å². The fourth-order valence-electron chi connectivity index (χ4n) is 4.66. The molecule has 0 saturated carbocycles. The van der Waals surface area contributed by atoms with E-state index in [0.717, 1.165) is 22.9 Å². The molecule has 3 N–H and O–H groups in total. The van der Waals surface area contributed by atoms with Gasteiger partial charge in [-0.05, 0) is 34.4 Å². The van der Waals surface area contributed by atoms with E-state index in [-0.39, 0.29) is 22.8 Å². The minimum Gasteiger partial charge on any atom is -0.477 e. The molecule has 4 aromatic carbocycles. The number of rotatable bonds is 6. The lowest BCUT2D eigenvalue weighted by molar-refractivity contribution is 0.0687. The third kappa shape index (κ3) is 4.14. The number of carboxylic acid groups (broad SMARTS) is 1. The third-order valence-electron chi connectivity index (χ3n) is 6.30. The van der Waals surface area contributed by atoms with Crippen LogP contribution in [0.4, 0.5) is 5.69 Å². The highest BCUT2D eigenvalue weighted by Gasteiger charge is 2.27. The lowest BCUT2D eigenvalue weighted by Gasteiger charge is -2.11. The summed E-state index contributed by atoms with van der Waals surface area (Å²) in [4.78, 5) is 12.6. The van der Waals surface area contributed by atoms with Crippen LogP contribution in [0.15, 0.2) is 102 Å². The molecule has 0 fully saturated rings. The molecule has 5 rings (SSSR count). The minimum atomic E-state index is -3.62. The number of hydrogen-bond acceptors (Lipinski definition) is 4. The Labute approximate surface area is 209 Å². The van der Waals surface area contributed by atoms with Crippen LogP contribution in [0.5, 0.6) is 0 Å². The summed E-state index contributed by atoms with van der Waals surface area (Å²) in [6.07, 6.45) is 1.09. The van der Waals surface area contributed by atoms with Crippen molar-refractivity contribution in [2.75, 3.05) is 12.0 Å². The fourth-order valence-corrected chi connectivity index (χ4v) is 5.48. The number of carboxylic acids is 1. The molecular formula is C29H24N2O4S. The zero-order valence-electron chi connectivity index (χ0n) is 19.5. The van der Waals surface area contributed by atoms with Crippen molar-refractivity contribution in [1.82, 2.24) is 4.57 Å². The molecule has 1 aromatic heterocycles. The monoisotopic (exact) mass is 496 g/mol. The van der Waals surface area contributed by atoms with Crippen LogP contribution in [0.25, 0.3) is 33.2 Å². The van der Waals surface area contributed by atoms with Gasteiger partial charge in [-0.1, -0.05) is 84.9 Å². The van der Waals surface area contributed by atoms with Crippen LogP contribution >= 0.6 is 0 Å². The molecule has 0 spiro atoms. The number of aromatic carboxylic acids is 1. The van der Waals surface area contributed by atoms with Crippen molar-refractivity contribution in [2.24, 2.45) is 0 Å². The van der Waals surface area contributed by atoms with Crippen LogP contribution in [0.3, 0.4) is 0 Å². The second-order valence-electron chi connectivity index (χ2n) is 8.69. The zero-order chi connectivity index (χ0) is 25.4. The number of carbonyl (C=O) groups is 1. The van der Waals surface area contributed by atoms with Crippen molar-refractivity contribution in [3.05, 3.63) is 108 Å². The summed E-state index contributed by atoms with van der Waals surface area (Å²) in [5.74, 6) is -1.12. The molecule has 0 bridgehead atoms. The molecule has 0 saturated heterocycles. The van der Waals surface area contributed by atoms with E-state index in [1.807, 2.05) is 72.8 Å². The van der Waals surface area contributed by atoms with Gasteiger partial charge in [-0.3, -0.25) is 0 Å². The van der Waals surface area contributed by atoms with E-state index in [2.05, 4.69) is 0 Å². The summed E-state index contributed by atoms with van der Waals surface area (Å²) >= 11 is 0. The first kappa shape index (κ1) is 23.4. The van der Waals surface area contributed by atoms with E-state index in [1.54, 1.807) is 22.8 Å². The van der Waals surface area contributed by atoms with Gasteiger partial charge in [-0.2, -0.15) is 0 Å². The summed E-state index contributed by atoms with van der Waals surface area (Å²) in [6.45, 7) is 0.275. The molecule has 180 valence electrons. The number of benzene rings is 4. The standard InChI is InChI=1S/C29H24N2O4S/c1-36(34,35)24-17-16-23-26(27(24)30)25(22-10-6-3-7-11-22)28(29(32)33)31(23)18-19-12-14-21(15-13-19)20-8-4-2-5-9-20/h2-17H,18,30H2,1H3,(H,32,33). The summed E-state index contributed by atoms with van der Waals surface area (Å²) in [5, 5.41) is 10.7. The number of sulfone groups is 1. The number of nitrogens with two attached hydrogens (primary N) is 1. The van der Waals surface area contributed by atoms with E-state index in [1.165, 1.54) is 6.07 Å². The highest BCUT2D eigenvalue weighted by Crippen LogP contribution is 2.41. The number of nitrogen functional groups attached to an aromatic ring is 1. The maximum atomic E-state index is 12.6. The first-order chi connectivity index (χ1) is 17.3. The molecule has 0 aliphatic rings. The second kappa shape index (κ2) is 9.02. The van der Waals surface area contributed by atoms with Gasteiger partial charge in [0.25, 0.3) is 0 Å². The number of fused-ring (bicyclic) bond motifs is 1. The molecule has 6 nitrogen and oxygen atoms in total. The van der Waals surface area contributed by atoms with Crippen LogP contribution in [0.1, 0.15) is 16.1 Å². The highest BCUT2D eigenvalue weighted by molar-refractivity contribution is 7.90. The Hall–Kier alpha value is -4.36. The van der Waals surface area contributed by atoms with E-state index in [9.17, 15) is 18.3 Å². The van der Waals surface area contributed by atoms with Gasteiger partial charge in [0.15, 0.2) is 9.84 Å².